The van der Waals surface area contributed by atoms with Gasteiger partial charge >= 0.3 is 64.3 Å². The molecule has 8 heteroatoms. The van der Waals surface area contributed by atoms with Crippen molar-refractivity contribution in [1.29, 1.82) is 0 Å². The number of carbonyl (C=O) groups excluding carboxylic acids is 1. The molecule has 1 aliphatic carbocycles. The first-order chi connectivity index (χ1) is 8.29. The van der Waals surface area contributed by atoms with Gasteiger partial charge in [-0.15, -0.1) is 5.46 Å². The molecule has 0 atom stereocenters. The van der Waals surface area contributed by atoms with E-state index in [1.165, 1.54) is 0 Å². The third-order valence-electron chi connectivity index (χ3n) is 3.18. The topological polar surface area (TPSA) is 26.3 Å². The van der Waals surface area contributed by atoms with Gasteiger partial charge < -0.3 is 17.7 Å². The first kappa shape index (κ1) is 17.2. The molecular formula is C11H10BF4KO2. The van der Waals surface area contributed by atoms with E-state index < -0.39 is 29.6 Å². The van der Waals surface area contributed by atoms with E-state index >= 15 is 0 Å². The molecule has 0 spiro atoms. The molecule has 98 valence electrons. The van der Waals surface area contributed by atoms with Crippen LogP contribution in [0.4, 0.5) is 17.3 Å². The van der Waals surface area contributed by atoms with Gasteiger partial charge in [0.15, 0.2) is 0 Å². The Morgan fingerprint density at radius 3 is 2.26 bits per heavy atom. The van der Waals surface area contributed by atoms with Crippen molar-refractivity contribution < 1.29 is 78.3 Å². The summed E-state index contributed by atoms with van der Waals surface area (Å²) in [6.45, 7) is -5.29. The van der Waals surface area contributed by atoms with Crippen molar-refractivity contribution in [3.05, 3.63) is 29.6 Å². The maximum absolute atomic E-state index is 13.2. The summed E-state index contributed by atoms with van der Waals surface area (Å²) in [5.74, 6) is -1.61. The van der Waals surface area contributed by atoms with Crippen molar-refractivity contribution >= 4 is 18.4 Å². The van der Waals surface area contributed by atoms with E-state index in [-0.39, 0.29) is 56.9 Å². The number of hydrogen-bond donors (Lipinski definition) is 0. The van der Waals surface area contributed by atoms with Gasteiger partial charge in [0.2, 0.25) is 0 Å². The zero-order valence-electron chi connectivity index (χ0n) is 10.6. The van der Waals surface area contributed by atoms with Crippen molar-refractivity contribution in [3.8, 4) is 0 Å². The van der Waals surface area contributed by atoms with Crippen LogP contribution in [0.25, 0.3) is 0 Å². The van der Waals surface area contributed by atoms with Crippen molar-refractivity contribution in [1.82, 2.24) is 0 Å². The maximum atomic E-state index is 13.2. The summed E-state index contributed by atoms with van der Waals surface area (Å²) in [5, 5.41) is 0. The predicted molar refractivity (Wildman–Crippen MR) is 58.0 cm³/mol. The SMILES string of the molecule is COC(=O)C1(c2cc(F)cc([B-](F)(F)F)c2)CC1.[K+]. The summed E-state index contributed by atoms with van der Waals surface area (Å²) in [6.07, 6.45) is 0.765. The van der Waals surface area contributed by atoms with Crippen LogP contribution in [0, 0.1) is 5.82 Å². The summed E-state index contributed by atoms with van der Waals surface area (Å²) in [4.78, 5) is 11.5. The summed E-state index contributed by atoms with van der Waals surface area (Å²) >= 11 is 0. The quantitative estimate of drug-likeness (QED) is 0.410. The van der Waals surface area contributed by atoms with Crippen LogP contribution < -0.4 is 56.8 Å². The average Bonchev–Trinajstić information content (AvgIpc) is 3.07. The zero-order valence-corrected chi connectivity index (χ0v) is 13.7. The fourth-order valence-corrected chi connectivity index (χ4v) is 2.01. The first-order valence-corrected chi connectivity index (χ1v) is 5.39. The molecule has 1 saturated carbocycles. The fraction of sp³-hybridized carbons (Fsp3) is 0.364. The van der Waals surface area contributed by atoms with Crippen LogP contribution in [0.2, 0.25) is 0 Å². The molecule has 0 saturated heterocycles. The third kappa shape index (κ3) is 3.41. The molecule has 0 unspecified atom stereocenters. The van der Waals surface area contributed by atoms with E-state index in [0.29, 0.717) is 18.9 Å². The molecule has 2 rings (SSSR count). The zero-order chi connectivity index (χ0) is 13.6. The number of esters is 1. The van der Waals surface area contributed by atoms with Crippen molar-refractivity contribution in [3.63, 3.8) is 0 Å². The molecule has 0 aliphatic heterocycles. The molecule has 1 aromatic carbocycles. The van der Waals surface area contributed by atoms with Crippen LogP contribution in [0.5, 0.6) is 0 Å². The molecule has 1 aromatic rings. The Bertz CT molecular complexity index is 500. The van der Waals surface area contributed by atoms with E-state index in [4.69, 9.17) is 0 Å². The van der Waals surface area contributed by atoms with E-state index in [2.05, 4.69) is 4.74 Å². The number of ether oxygens (including phenoxy) is 1. The molecule has 0 radical (unpaired) electrons. The molecule has 0 N–H and O–H groups in total. The van der Waals surface area contributed by atoms with Gasteiger partial charge in [0.05, 0.1) is 12.5 Å². The van der Waals surface area contributed by atoms with E-state index in [0.717, 1.165) is 19.2 Å². The molecule has 0 aromatic heterocycles. The second-order valence-corrected chi connectivity index (χ2v) is 4.42. The summed E-state index contributed by atoms with van der Waals surface area (Å²) in [5.41, 5.74) is -2.07. The minimum atomic E-state index is -5.29. The minimum Gasteiger partial charge on any atom is -0.468 e. The van der Waals surface area contributed by atoms with Crippen LogP contribution in [-0.2, 0) is 14.9 Å². The molecule has 1 fully saturated rings. The Hall–Kier alpha value is 0.111. The number of hydrogen-bond acceptors (Lipinski definition) is 2. The Kier molecular flexibility index (Phi) is 5.28. The van der Waals surface area contributed by atoms with Crippen molar-refractivity contribution in [2.75, 3.05) is 7.11 Å². The van der Waals surface area contributed by atoms with Crippen molar-refractivity contribution in [2.24, 2.45) is 0 Å². The fourth-order valence-electron chi connectivity index (χ4n) is 2.01. The summed E-state index contributed by atoms with van der Waals surface area (Å²) in [7, 11) is 1.16. The summed E-state index contributed by atoms with van der Waals surface area (Å²) in [6, 6.07) is 2.25. The number of rotatable bonds is 3. The largest absolute Gasteiger partial charge is 1.00 e. The van der Waals surface area contributed by atoms with Crippen LogP contribution in [-0.4, -0.2) is 20.1 Å². The second-order valence-electron chi connectivity index (χ2n) is 4.42. The summed E-state index contributed by atoms with van der Waals surface area (Å²) < 4.78 is 55.7. The molecular weight excluding hydrogens is 290 g/mol. The van der Waals surface area contributed by atoms with Gasteiger partial charge in [-0.1, -0.05) is 12.1 Å². The Labute approximate surface area is 150 Å². The first-order valence-electron chi connectivity index (χ1n) is 5.39. The van der Waals surface area contributed by atoms with Crippen LogP contribution in [0.3, 0.4) is 0 Å². The predicted octanol–water partition coefficient (Wildman–Crippen LogP) is -0.911. The number of halogens is 4. The van der Waals surface area contributed by atoms with Gasteiger partial charge in [0.1, 0.15) is 5.82 Å². The smallest absolute Gasteiger partial charge is 0.468 e. The Morgan fingerprint density at radius 1 is 1.26 bits per heavy atom. The van der Waals surface area contributed by atoms with Gasteiger partial charge in [-0.05, 0) is 24.5 Å². The maximum Gasteiger partial charge on any atom is 1.00 e. The van der Waals surface area contributed by atoms with E-state index in [1.54, 1.807) is 0 Å². The molecule has 0 heterocycles. The van der Waals surface area contributed by atoms with Crippen molar-refractivity contribution in [2.45, 2.75) is 18.3 Å². The van der Waals surface area contributed by atoms with Crippen LogP contribution in [0.15, 0.2) is 18.2 Å². The molecule has 1 aliphatic rings. The number of benzene rings is 1. The third-order valence-corrected chi connectivity index (χ3v) is 3.18. The van der Waals surface area contributed by atoms with Gasteiger partial charge in [-0.2, -0.15) is 0 Å². The molecule has 0 bridgehead atoms. The van der Waals surface area contributed by atoms with E-state index in [9.17, 15) is 22.1 Å². The molecule has 19 heavy (non-hydrogen) atoms. The second kappa shape index (κ2) is 5.85. The normalized spacial score (nSPS) is 16.5. The van der Waals surface area contributed by atoms with Crippen LogP contribution in [0.1, 0.15) is 18.4 Å². The van der Waals surface area contributed by atoms with Gasteiger partial charge in [0, 0.05) is 0 Å². The molecule has 2 nitrogen and oxygen atoms in total. The van der Waals surface area contributed by atoms with Gasteiger partial charge in [0.25, 0.3) is 0 Å². The van der Waals surface area contributed by atoms with Gasteiger partial charge in [-0.25, -0.2) is 4.39 Å². The monoisotopic (exact) mass is 300 g/mol. The Balaban J connectivity index is 0.00000180. The average molecular weight is 300 g/mol. The molecule has 0 amide bonds. The number of carbonyl (C=O) groups is 1. The van der Waals surface area contributed by atoms with Gasteiger partial charge in [-0.3, -0.25) is 4.79 Å². The van der Waals surface area contributed by atoms with Crippen LogP contribution >= 0.6 is 0 Å². The Morgan fingerprint density at radius 2 is 1.84 bits per heavy atom. The number of methoxy groups -OCH3 is 1. The van der Waals surface area contributed by atoms with E-state index in [1.807, 2.05) is 0 Å². The minimum absolute atomic E-state index is 0. The standard InChI is InChI=1S/C11H10BF4O2.K/c1-18-10(17)11(2-3-11)7-4-8(12(14,15)16)6-9(13)5-7;/h4-6H,2-3H2,1H3;/q-1;+1.